The van der Waals surface area contributed by atoms with Gasteiger partial charge in [-0.25, -0.2) is 4.39 Å². The van der Waals surface area contributed by atoms with Crippen LogP contribution in [-0.2, 0) is 13.1 Å². The zero-order chi connectivity index (χ0) is 20.6. The lowest BCUT2D eigenvalue weighted by molar-refractivity contribution is 0.0752. The molecule has 0 aliphatic carbocycles. The molecule has 5 nitrogen and oxygen atoms in total. The molecule has 3 aromatic rings. The Labute approximate surface area is 169 Å². The Morgan fingerprint density at radius 3 is 2.41 bits per heavy atom. The van der Waals surface area contributed by atoms with E-state index in [1.807, 2.05) is 37.3 Å². The maximum atomic E-state index is 13.0. The lowest BCUT2D eigenvalue weighted by Gasteiger charge is -2.21. The maximum Gasteiger partial charge on any atom is 0.270 e. The highest BCUT2D eigenvalue weighted by Crippen LogP contribution is 2.11. The van der Waals surface area contributed by atoms with E-state index in [9.17, 15) is 14.0 Å². The third-order valence-corrected chi connectivity index (χ3v) is 4.49. The molecule has 1 heterocycles. The van der Waals surface area contributed by atoms with E-state index in [2.05, 4.69) is 10.3 Å². The minimum atomic E-state index is -0.393. The first-order valence-electron chi connectivity index (χ1n) is 9.38. The molecule has 0 unspecified atom stereocenters. The Kier molecular flexibility index (Phi) is 6.68. The Hall–Kier alpha value is -3.54. The molecule has 0 spiro atoms. The summed E-state index contributed by atoms with van der Waals surface area (Å²) in [5.41, 5.74) is 2.37. The van der Waals surface area contributed by atoms with Crippen molar-refractivity contribution in [1.29, 1.82) is 0 Å². The quantitative estimate of drug-likeness (QED) is 0.666. The normalized spacial score (nSPS) is 10.4. The predicted octanol–water partition coefficient (Wildman–Crippen LogP) is 3.81. The number of amides is 2. The second-order valence-electron chi connectivity index (χ2n) is 6.54. The van der Waals surface area contributed by atoms with Crippen LogP contribution in [0.5, 0.6) is 0 Å². The van der Waals surface area contributed by atoms with Gasteiger partial charge in [-0.3, -0.25) is 14.6 Å². The van der Waals surface area contributed by atoms with E-state index in [0.29, 0.717) is 18.7 Å². The predicted molar refractivity (Wildman–Crippen MR) is 109 cm³/mol. The van der Waals surface area contributed by atoms with E-state index in [0.717, 1.165) is 11.1 Å². The van der Waals surface area contributed by atoms with Gasteiger partial charge in [0, 0.05) is 31.4 Å². The summed E-state index contributed by atoms with van der Waals surface area (Å²) in [7, 11) is 0. The largest absolute Gasteiger partial charge is 0.347 e. The zero-order valence-corrected chi connectivity index (χ0v) is 16.1. The number of benzene rings is 2. The molecule has 0 saturated carbocycles. The molecule has 6 heteroatoms. The van der Waals surface area contributed by atoms with Gasteiger partial charge in [-0.05, 0) is 42.3 Å². The number of nitrogens with one attached hydrogen (secondary N) is 1. The van der Waals surface area contributed by atoms with Crippen LogP contribution in [-0.4, -0.2) is 28.2 Å². The smallest absolute Gasteiger partial charge is 0.270 e. The van der Waals surface area contributed by atoms with Crippen molar-refractivity contribution in [2.75, 3.05) is 6.54 Å². The Bertz CT molecular complexity index is 975. The highest BCUT2D eigenvalue weighted by Gasteiger charge is 2.17. The van der Waals surface area contributed by atoms with Crippen LogP contribution < -0.4 is 5.32 Å². The molecular formula is C23H22FN3O2. The van der Waals surface area contributed by atoms with Crippen LogP contribution in [0.25, 0.3) is 0 Å². The summed E-state index contributed by atoms with van der Waals surface area (Å²) in [6, 6.07) is 18.7. The van der Waals surface area contributed by atoms with Crippen molar-refractivity contribution in [3.63, 3.8) is 0 Å². The Balaban J connectivity index is 1.67. The Morgan fingerprint density at radius 1 is 1.00 bits per heavy atom. The maximum absolute atomic E-state index is 13.0. The number of hydrogen-bond acceptors (Lipinski definition) is 3. The summed E-state index contributed by atoms with van der Waals surface area (Å²) in [6.07, 6.45) is 1.45. The van der Waals surface area contributed by atoms with E-state index in [1.165, 1.54) is 24.4 Å². The highest BCUT2D eigenvalue weighted by molar-refractivity contribution is 5.98. The summed E-state index contributed by atoms with van der Waals surface area (Å²) < 4.78 is 13.0. The molecular weight excluding hydrogens is 369 g/mol. The number of nitrogens with zero attached hydrogens (tertiary/aromatic N) is 2. The molecule has 0 aliphatic heterocycles. The molecule has 1 aromatic heterocycles. The van der Waals surface area contributed by atoms with E-state index < -0.39 is 5.91 Å². The van der Waals surface area contributed by atoms with Crippen LogP contribution in [0.3, 0.4) is 0 Å². The van der Waals surface area contributed by atoms with Gasteiger partial charge in [0.1, 0.15) is 11.5 Å². The topological polar surface area (TPSA) is 62.3 Å². The molecule has 2 amide bonds. The van der Waals surface area contributed by atoms with Crippen LogP contribution >= 0.6 is 0 Å². The number of rotatable bonds is 7. The van der Waals surface area contributed by atoms with Gasteiger partial charge in [-0.1, -0.05) is 42.5 Å². The zero-order valence-electron chi connectivity index (χ0n) is 16.1. The number of pyridine rings is 1. The van der Waals surface area contributed by atoms with Gasteiger partial charge >= 0.3 is 0 Å². The monoisotopic (exact) mass is 391 g/mol. The number of aromatic nitrogens is 1. The van der Waals surface area contributed by atoms with Crippen molar-refractivity contribution < 1.29 is 14.0 Å². The fourth-order valence-electron chi connectivity index (χ4n) is 2.88. The molecule has 0 saturated heterocycles. The van der Waals surface area contributed by atoms with Crippen molar-refractivity contribution in [3.05, 3.63) is 101 Å². The first-order valence-corrected chi connectivity index (χ1v) is 9.38. The third kappa shape index (κ3) is 5.48. The summed E-state index contributed by atoms with van der Waals surface area (Å²) in [6.45, 7) is 3.19. The van der Waals surface area contributed by atoms with Crippen molar-refractivity contribution in [2.45, 2.75) is 20.0 Å². The molecule has 0 atom stereocenters. The molecule has 29 heavy (non-hydrogen) atoms. The molecule has 0 fully saturated rings. The lowest BCUT2D eigenvalue weighted by atomic mass is 10.1. The van der Waals surface area contributed by atoms with Crippen LogP contribution in [0.2, 0.25) is 0 Å². The van der Waals surface area contributed by atoms with Gasteiger partial charge in [-0.2, -0.15) is 0 Å². The molecule has 0 radical (unpaired) electrons. The number of halogens is 1. The standard InChI is InChI=1S/C23H22FN3O2/c1-2-27(16-18-6-4-3-5-7-18)23(29)19-12-13-25-21(14-19)22(28)26-15-17-8-10-20(24)11-9-17/h3-14H,2,15-16H2,1H3,(H,26,28). The average molecular weight is 391 g/mol. The molecule has 1 N–H and O–H groups in total. The minimum absolute atomic E-state index is 0.161. The molecule has 0 bridgehead atoms. The van der Waals surface area contributed by atoms with E-state index in [-0.39, 0.29) is 24.0 Å². The highest BCUT2D eigenvalue weighted by atomic mass is 19.1. The van der Waals surface area contributed by atoms with Crippen LogP contribution in [0.4, 0.5) is 4.39 Å². The molecule has 3 rings (SSSR count). The van der Waals surface area contributed by atoms with Gasteiger partial charge in [-0.15, -0.1) is 0 Å². The van der Waals surface area contributed by atoms with Crippen molar-refractivity contribution in [1.82, 2.24) is 15.2 Å². The van der Waals surface area contributed by atoms with Crippen LogP contribution in [0.15, 0.2) is 72.9 Å². The third-order valence-electron chi connectivity index (χ3n) is 4.49. The minimum Gasteiger partial charge on any atom is -0.347 e. The van der Waals surface area contributed by atoms with Gasteiger partial charge in [0.25, 0.3) is 11.8 Å². The van der Waals surface area contributed by atoms with Crippen LogP contribution in [0.1, 0.15) is 38.9 Å². The molecule has 0 aliphatic rings. The van der Waals surface area contributed by atoms with Crippen molar-refractivity contribution in [2.24, 2.45) is 0 Å². The summed E-state index contributed by atoms with van der Waals surface area (Å²) >= 11 is 0. The molecule has 2 aromatic carbocycles. The first-order chi connectivity index (χ1) is 14.1. The fraction of sp³-hybridized carbons (Fsp3) is 0.174. The van der Waals surface area contributed by atoms with Gasteiger partial charge in [0.15, 0.2) is 0 Å². The van der Waals surface area contributed by atoms with Crippen molar-refractivity contribution >= 4 is 11.8 Å². The van der Waals surface area contributed by atoms with Gasteiger partial charge in [0.2, 0.25) is 0 Å². The summed E-state index contributed by atoms with van der Waals surface area (Å²) in [4.78, 5) is 31.1. The summed E-state index contributed by atoms with van der Waals surface area (Å²) in [5, 5.41) is 2.74. The Morgan fingerprint density at radius 2 is 1.72 bits per heavy atom. The van der Waals surface area contributed by atoms with E-state index in [1.54, 1.807) is 23.1 Å². The number of carbonyl (C=O) groups is 2. The van der Waals surface area contributed by atoms with E-state index in [4.69, 9.17) is 0 Å². The first kappa shape index (κ1) is 20.2. The number of hydrogen-bond donors (Lipinski definition) is 1. The lowest BCUT2D eigenvalue weighted by Crippen LogP contribution is -2.31. The van der Waals surface area contributed by atoms with E-state index >= 15 is 0 Å². The summed E-state index contributed by atoms with van der Waals surface area (Å²) in [5.74, 6) is -0.884. The second kappa shape index (κ2) is 9.59. The van der Waals surface area contributed by atoms with Gasteiger partial charge < -0.3 is 10.2 Å². The second-order valence-corrected chi connectivity index (χ2v) is 6.54. The average Bonchev–Trinajstić information content (AvgIpc) is 2.77. The molecule has 148 valence electrons. The van der Waals surface area contributed by atoms with Crippen LogP contribution in [0, 0.1) is 5.82 Å². The SMILES string of the molecule is CCN(Cc1ccccc1)C(=O)c1ccnc(C(=O)NCc2ccc(F)cc2)c1. The fourth-order valence-corrected chi connectivity index (χ4v) is 2.88. The van der Waals surface area contributed by atoms with Crippen molar-refractivity contribution in [3.8, 4) is 0 Å². The van der Waals surface area contributed by atoms with Gasteiger partial charge in [0.05, 0.1) is 0 Å². The number of carbonyl (C=O) groups excluding carboxylic acids is 2.